The molecule has 0 spiro atoms. The van der Waals surface area contributed by atoms with Crippen LogP contribution in [0.3, 0.4) is 0 Å². The first-order valence-corrected chi connectivity index (χ1v) is 20.2. The summed E-state index contributed by atoms with van der Waals surface area (Å²) in [7, 11) is -2.63. The highest BCUT2D eigenvalue weighted by Gasteiger charge is 2.36. The van der Waals surface area contributed by atoms with Crippen molar-refractivity contribution >= 4 is 21.8 Å². The van der Waals surface area contributed by atoms with Crippen molar-refractivity contribution in [2.24, 2.45) is 0 Å². The van der Waals surface area contributed by atoms with Gasteiger partial charge in [-0.15, -0.1) is 0 Å². The lowest BCUT2D eigenvalue weighted by atomic mass is 9.87. The molecule has 0 radical (unpaired) electrons. The van der Waals surface area contributed by atoms with Crippen LogP contribution in [0, 0.1) is 12.7 Å². The first-order chi connectivity index (χ1) is 26.7. The van der Waals surface area contributed by atoms with E-state index in [1.165, 1.54) is 36.4 Å². The number of hydrogen-bond acceptors (Lipinski definition) is 9. The molecule has 1 unspecified atom stereocenters. The molecule has 302 valence electrons. The number of para-hydroxylation sites is 2. The number of aryl methyl sites for hydroxylation is 1. The smallest absolute Gasteiger partial charge is 0.410 e. The summed E-state index contributed by atoms with van der Waals surface area (Å²) < 4.78 is 72.8. The Balaban J connectivity index is 1.24. The van der Waals surface area contributed by atoms with E-state index >= 15 is 4.39 Å². The Bertz CT molecular complexity index is 1970. The maximum atomic E-state index is 15.1. The molecule has 0 bridgehead atoms. The number of carbonyl (C=O) groups is 1. The quantitative estimate of drug-likeness (QED) is 0.108. The van der Waals surface area contributed by atoms with Gasteiger partial charge in [0.25, 0.3) is 10.0 Å². The third-order valence-corrected chi connectivity index (χ3v) is 11.1. The zero-order chi connectivity index (χ0) is 40.3. The minimum Gasteiger partial charge on any atom is -0.496 e. The van der Waals surface area contributed by atoms with Crippen LogP contribution < -0.4 is 13.8 Å². The van der Waals surface area contributed by atoms with Crippen molar-refractivity contribution in [1.82, 2.24) is 4.90 Å². The molecule has 1 aliphatic rings. The van der Waals surface area contributed by atoms with Crippen LogP contribution in [0.4, 0.5) is 14.9 Å². The third-order valence-electron chi connectivity index (χ3n) is 9.28. The molecule has 4 aromatic rings. The largest absolute Gasteiger partial charge is 0.496 e. The molecule has 5 rings (SSSR count). The van der Waals surface area contributed by atoms with Gasteiger partial charge in [0, 0.05) is 24.4 Å². The molecule has 11 nitrogen and oxygen atoms in total. The summed E-state index contributed by atoms with van der Waals surface area (Å²) >= 11 is 0. The molecule has 1 aliphatic heterocycles. The van der Waals surface area contributed by atoms with Gasteiger partial charge in [-0.3, -0.25) is 4.31 Å². The van der Waals surface area contributed by atoms with Gasteiger partial charge in [-0.2, -0.15) is 0 Å². The second kappa shape index (κ2) is 19.4. The third kappa shape index (κ3) is 11.7. The number of anilines is 1. The number of ether oxygens (including phenoxy) is 5. The van der Waals surface area contributed by atoms with Gasteiger partial charge >= 0.3 is 6.09 Å². The van der Waals surface area contributed by atoms with Gasteiger partial charge in [0.1, 0.15) is 22.9 Å². The number of rotatable bonds is 17. The molecule has 1 N–H and O–H groups in total. The molecular formula is C43H53FN2O9S. The Hall–Kier alpha value is -4.69. The Morgan fingerprint density at radius 2 is 1.66 bits per heavy atom. The zero-order valence-corrected chi connectivity index (χ0v) is 33.5. The number of carbonyl (C=O) groups excluding carboxylic acids is 1. The van der Waals surface area contributed by atoms with E-state index in [1.54, 1.807) is 44.9 Å². The number of methoxy groups -OCH3 is 1. The highest BCUT2D eigenvalue weighted by atomic mass is 32.2. The number of likely N-dealkylation sites (tertiary alicyclic amines) is 1. The van der Waals surface area contributed by atoms with Crippen molar-refractivity contribution < 1.29 is 46.4 Å². The van der Waals surface area contributed by atoms with Gasteiger partial charge in [-0.1, -0.05) is 60.2 Å². The molecule has 0 saturated carbocycles. The second-order valence-electron chi connectivity index (χ2n) is 14.8. The highest BCUT2D eigenvalue weighted by Crippen LogP contribution is 2.33. The number of benzene rings is 4. The Morgan fingerprint density at radius 1 is 0.964 bits per heavy atom. The number of aliphatic hydroxyl groups is 1. The monoisotopic (exact) mass is 792 g/mol. The van der Waals surface area contributed by atoms with E-state index in [2.05, 4.69) is 0 Å². The number of piperidine rings is 1. The number of hydrogen-bond donors (Lipinski definition) is 1. The summed E-state index contributed by atoms with van der Waals surface area (Å²) in [5, 5.41) is 11.3. The van der Waals surface area contributed by atoms with Gasteiger partial charge in [0.15, 0.2) is 0 Å². The fraction of sp³-hybridized carbons (Fsp3) is 0.419. The number of halogens is 1. The molecule has 13 heteroatoms. The maximum absolute atomic E-state index is 15.1. The van der Waals surface area contributed by atoms with Crippen LogP contribution >= 0.6 is 0 Å². The van der Waals surface area contributed by atoms with E-state index in [1.807, 2.05) is 55.5 Å². The summed E-state index contributed by atoms with van der Waals surface area (Å²) in [5.74, 6) is 0.568. The minimum absolute atomic E-state index is 0.0373. The van der Waals surface area contributed by atoms with Gasteiger partial charge in [0.05, 0.1) is 69.4 Å². The number of aliphatic hydroxyl groups excluding tert-OH is 1. The van der Waals surface area contributed by atoms with E-state index in [0.717, 1.165) is 26.7 Å². The predicted molar refractivity (Wildman–Crippen MR) is 212 cm³/mol. The van der Waals surface area contributed by atoms with E-state index in [0.29, 0.717) is 45.0 Å². The van der Waals surface area contributed by atoms with Crippen molar-refractivity contribution in [3.8, 4) is 11.5 Å². The van der Waals surface area contributed by atoms with Crippen molar-refractivity contribution in [2.45, 2.75) is 75.8 Å². The molecule has 0 aliphatic carbocycles. The maximum Gasteiger partial charge on any atom is 0.410 e. The van der Waals surface area contributed by atoms with Crippen LogP contribution in [0.1, 0.15) is 56.2 Å². The van der Waals surface area contributed by atoms with Crippen LogP contribution in [0.2, 0.25) is 0 Å². The van der Waals surface area contributed by atoms with Crippen molar-refractivity contribution in [1.29, 1.82) is 0 Å². The van der Waals surface area contributed by atoms with E-state index in [4.69, 9.17) is 23.7 Å². The molecule has 1 fully saturated rings. The molecule has 0 aromatic heterocycles. The van der Waals surface area contributed by atoms with E-state index < -0.39 is 46.3 Å². The fourth-order valence-corrected chi connectivity index (χ4v) is 7.93. The Morgan fingerprint density at radius 3 is 2.36 bits per heavy atom. The summed E-state index contributed by atoms with van der Waals surface area (Å²) in [4.78, 5) is 14.7. The van der Waals surface area contributed by atoms with E-state index in [9.17, 15) is 18.3 Å². The predicted octanol–water partition coefficient (Wildman–Crippen LogP) is 7.49. The summed E-state index contributed by atoms with van der Waals surface area (Å²) in [6, 6.07) is 27.2. The van der Waals surface area contributed by atoms with E-state index in [-0.39, 0.29) is 29.7 Å². The topological polar surface area (TPSA) is 124 Å². The lowest BCUT2D eigenvalue weighted by Gasteiger charge is -2.39. The molecule has 1 saturated heterocycles. The van der Waals surface area contributed by atoms with Crippen molar-refractivity contribution in [2.75, 3.05) is 50.9 Å². The summed E-state index contributed by atoms with van der Waals surface area (Å²) in [5.41, 5.74) is 1.91. The molecule has 3 atom stereocenters. The molecule has 1 amide bonds. The normalized spacial score (nSPS) is 16.6. The SMILES string of the molecule is COc1ccccc1COCCCOc1ccc(C2CCN(C(=O)OC(C)(C)C)C[C@H]2OC[C@H](O)CN(c2ccccc2F)S(=O)(=O)c2ccc(C)cc2)cc1. The molecule has 56 heavy (non-hydrogen) atoms. The van der Waals surface area contributed by atoms with Crippen molar-refractivity contribution in [3.63, 3.8) is 0 Å². The average molecular weight is 793 g/mol. The van der Waals surface area contributed by atoms with Crippen molar-refractivity contribution in [3.05, 3.63) is 120 Å². The molecule has 4 aromatic carbocycles. The summed E-state index contributed by atoms with van der Waals surface area (Å²) in [6.07, 6.45) is -1.16. The van der Waals surface area contributed by atoms with Gasteiger partial charge < -0.3 is 33.7 Å². The molecule has 1 heterocycles. The van der Waals surface area contributed by atoms with Crippen LogP contribution in [-0.2, 0) is 30.8 Å². The van der Waals surface area contributed by atoms with Crippen LogP contribution in [0.25, 0.3) is 0 Å². The number of amides is 1. The Labute approximate surface area is 330 Å². The van der Waals surface area contributed by atoms with Gasteiger partial charge in [0.2, 0.25) is 0 Å². The van der Waals surface area contributed by atoms with Gasteiger partial charge in [-0.25, -0.2) is 17.6 Å². The first-order valence-electron chi connectivity index (χ1n) is 18.8. The van der Waals surface area contributed by atoms with Crippen LogP contribution in [0.5, 0.6) is 11.5 Å². The number of nitrogens with zero attached hydrogens (tertiary/aromatic N) is 2. The Kier molecular flexibility index (Phi) is 14.7. The second-order valence-corrected chi connectivity index (χ2v) is 16.6. The highest BCUT2D eigenvalue weighted by molar-refractivity contribution is 7.92. The lowest BCUT2D eigenvalue weighted by Crippen LogP contribution is -2.49. The minimum atomic E-state index is -4.27. The van der Waals surface area contributed by atoms with Crippen LogP contribution in [0.15, 0.2) is 102 Å². The van der Waals surface area contributed by atoms with Crippen LogP contribution in [-0.4, -0.2) is 88.9 Å². The average Bonchev–Trinajstić information content (AvgIpc) is 3.17. The standard InChI is InChI=1S/C43H53FN2O9S/c1-31-15-21-36(22-16-31)56(49,50)46(39-13-8-7-12-38(39)44)27-34(47)30-54-41-28-45(42(48)55-43(2,3)4)24-23-37(41)32-17-19-35(20-18-32)53-26-10-25-52-29-33-11-6-9-14-40(33)51-5/h6-9,11-22,34,37,41,47H,10,23-30H2,1-5H3/t34-,37?,41-/m1/s1. The first kappa shape index (κ1) is 42.5. The molecular weight excluding hydrogens is 740 g/mol. The zero-order valence-electron chi connectivity index (χ0n) is 32.7. The fourth-order valence-electron chi connectivity index (χ4n) is 6.42. The van der Waals surface area contributed by atoms with Gasteiger partial charge in [-0.05, 0) is 82.1 Å². The lowest BCUT2D eigenvalue weighted by molar-refractivity contribution is -0.0528. The summed E-state index contributed by atoms with van der Waals surface area (Å²) in [6.45, 7) is 8.51. The number of sulfonamides is 1.